The van der Waals surface area contributed by atoms with Crippen LogP contribution in [0.25, 0.3) is 12.2 Å². The van der Waals surface area contributed by atoms with E-state index in [-0.39, 0.29) is 24.8 Å². The molecule has 0 spiro atoms. The Morgan fingerprint density at radius 3 is 1.42 bits per heavy atom. The van der Waals surface area contributed by atoms with Gasteiger partial charge < -0.3 is 24.8 Å². The van der Waals surface area contributed by atoms with E-state index in [2.05, 4.69) is 90.9 Å². The summed E-state index contributed by atoms with van der Waals surface area (Å²) >= 11 is 1.30. The Kier molecular flexibility index (Phi) is 13.0. The maximum atomic E-state index is 3.35. The van der Waals surface area contributed by atoms with Crippen molar-refractivity contribution in [3.8, 4) is 0 Å². The molecule has 0 nitrogen and oxygen atoms in total. The van der Waals surface area contributed by atoms with E-state index in [4.69, 9.17) is 0 Å². The third-order valence-corrected chi connectivity index (χ3v) is 4.44. The van der Waals surface area contributed by atoms with Gasteiger partial charge in [0.15, 0.2) is 0 Å². The summed E-state index contributed by atoms with van der Waals surface area (Å²) in [6, 6.07) is 17.0. The maximum absolute atomic E-state index is 3.35. The maximum Gasteiger partial charge on any atom is -1.00 e. The van der Waals surface area contributed by atoms with Crippen molar-refractivity contribution < 1.29 is 49.0 Å². The first-order valence-corrected chi connectivity index (χ1v) is 10.3. The molecule has 3 heteroatoms. The molecule has 0 heterocycles. The normalized spacial score (nSPS) is 17.4. The van der Waals surface area contributed by atoms with Gasteiger partial charge in [-0.1, -0.05) is 74.9 Å². The minimum absolute atomic E-state index is 0. The topological polar surface area (TPSA) is 0 Å². The van der Waals surface area contributed by atoms with Crippen molar-refractivity contribution in [3.63, 3.8) is 0 Å². The van der Waals surface area contributed by atoms with Gasteiger partial charge in [-0.3, -0.25) is 12.2 Å². The second kappa shape index (κ2) is 13.4. The van der Waals surface area contributed by atoms with Crippen LogP contribution in [0.3, 0.4) is 0 Å². The predicted molar refractivity (Wildman–Crippen MR) is 101 cm³/mol. The summed E-state index contributed by atoms with van der Waals surface area (Å²) in [4.78, 5) is 0. The van der Waals surface area contributed by atoms with Gasteiger partial charge >= 0.3 is 28.4 Å². The number of hydrogen-bond donors (Lipinski definition) is 0. The molecule has 2 aliphatic rings. The number of benzene rings is 2. The first kappa shape index (κ1) is 25.3. The molecule has 0 fully saturated rings. The van der Waals surface area contributed by atoms with Crippen molar-refractivity contribution in [2.45, 2.75) is 38.5 Å². The van der Waals surface area contributed by atoms with Crippen molar-refractivity contribution >= 4 is 16.4 Å². The van der Waals surface area contributed by atoms with Crippen LogP contribution in [0.15, 0.2) is 48.5 Å². The average molecular weight is 463 g/mol. The van der Waals surface area contributed by atoms with Crippen molar-refractivity contribution in [2.75, 3.05) is 0 Å². The van der Waals surface area contributed by atoms with Gasteiger partial charge in [-0.2, -0.15) is 11.1 Å². The smallest absolute Gasteiger partial charge is 1.00 e. The molecule has 0 radical (unpaired) electrons. The van der Waals surface area contributed by atoms with E-state index >= 15 is 0 Å². The van der Waals surface area contributed by atoms with Crippen molar-refractivity contribution in [1.82, 2.24) is 0 Å². The number of rotatable bonds is 2. The summed E-state index contributed by atoms with van der Waals surface area (Å²) in [7, 11) is 0. The third-order valence-electron chi connectivity index (χ3n) is 4.44. The van der Waals surface area contributed by atoms with Gasteiger partial charge in [0.05, 0.1) is 0 Å². The van der Waals surface area contributed by atoms with Crippen molar-refractivity contribution in [1.29, 1.82) is 0 Å². The predicted octanol–water partition coefficient (Wildman–Crippen LogP) is -0.00642. The molecule has 0 N–H and O–H groups in total. The van der Waals surface area contributed by atoms with Crippen LogP contribution in [0.4, 0.5) is 0 Å². The molecule has 0 bridgehead atoms. The molecule has 2 aromatic carbocycles. The fourth-order valence-electron chi connectivity index (χ4n) is 3.16. The Bertz CT molecular complexity index is 660. The van der Waals surface area contributed by atoms with Crippen molar-refractivity contribution in [3.05, 3.63) is 82.9 Å². The van der Waals surface area contributed by atoms with Crippen LogP contribution in [-0.2, 0) is 24.2 Å². The Morgan fingerprint density at radius 1 is 0.731 bits per heavy atom. The zero-order chi connectivity index (χ0) is 17.4. The van der Waals surface area contributed by atoms with Crippen LogP contribution >= 0.6 is 0 Å². The van der Waals surface area contributed by atoms with Gasteiger partial charge in [-0.15, -0.1) is 23.3 Å². The third kappa shape index (κ3) is 6.15. The molecule has 0 aromatic heterocycles. The van der Waals surface area contributed by atoms with Gasteiger partial charge in [-0.25, -0.2) is 12.2 Å². The summed E-state index contributed by atoms with van der Waals surface area (Å²) in [5, 5.41) is 0. The molecule has 26 heavy (non-hydrogen) atoms. The van der Waals surface area contributed by atoms with Gasteiger partial charge in [-0.05, 0) is 0 Å². The standard InChI is InChI=1S/2C11H11.CH2.2ClH.Zr/c2*1-2-9-7-8-10-5-3-4-6-11(9)10;;;;/h2*3-6,8-9H,2H2,1H3;1H2;2*1H;/q2*-1;;;;+2/p-2/t2*9-;;;;/m10..../s1. The average Bonchev–Trinajstić information content (AvgIpc) is 3.27. The molecular weight excluding hydrogens is 438 g/mol. The van der Waals surface area contributed by atoms with E-state index in [0.717, 1.165) is 12.8 Å². The first-order valence-electron chi connectivity index (χ1n) is 8.55. The molecule has 0 unspecified atom stereocenters. The van der Waals surface area contributed by atoms with Crippen molar-refractivity contribution in [2.24, 2.45) is 0 Å². The summed E-state index contributed by atoms with van der Waals surface area (Å²) in [5.74, 6) is 1.09. The van der Waals surface area contributed by atoms with E-state index in [0.29, 0.717) is 11.8 Å². The Hall–Kier alpha value is -0.747. The van der Waals surface area contributed by atoms with Crippen LogP contribution < -0.4 is 24.8 Å². The summed E-state index contributed by atoms with van der Waals surface area (Å²) in [6.45, 7) is 4.40. The van der Waals surface area contributed by atoms with Gasteiger partial charge in [0.2, 0.25) is 0 Å². The molecule has 0 aliphatic heterocycles. The van der Waals surface area contributed by atoms with E-state index in [1.54, 1.807) is 0 Å². The van der Waals surface area contributed by atoms with E-state index < -0.39 is 0 Å². The molecule has 2 aliphatic carbocycles. The van der Waals surface area contributed by atoms with Crippen LogP contribution in [0.1, 0.15) is 60.8 Å². The monoisotopic (exact) mass is 460 g/mol. The minimum atomic E-state index is 0. The first-order chi connectivity index (χ1) is 11.8. The van der Waals surface area contributed by atoms with E-state index in [9.17, 15) is 0 Å². The quantitative estimate of drug-likeness (QED) is 0.551. The number of halogens is 2. The number of allylic oxidation sites excluding steroid dienone is 2. The zero-order valence-corrected chi connectivity index (χ0v) is 19.3. The largest absolute Gasteiger partial charge is 1.00 e. The fraction of sp³-hybridized carbons (Fsp3) is 0.261. The van der Waals surface area contributed by atoms with E-state index in [1.165, 1.54) is 46.5 Å². The fourth-order valence-corrected chi connectivity index (χ4v) is 3.16. The van der Waals surface area contributed by atoms with E-state index in [1.807, 2.05) is 0 Å². The number of fused-ring (bicyclic) bond motifs is 2. The second-order valence-electron chi connectivity index (χ2n) is 5.80. The zero-order valence-electron chi connectivity index (χ0n) is 15.3. The van der Waals surface area contributed by atoms with Crippen LogP contribution in [0.5, 0.6) is 0 Å². The van der Waals surface area contributed by atoms with Gasteiger partial charge in [0, 0.05) is 0 Å². The Labute approximate surface area is 185 Å². The van der Waals surface area contributed by atoms with Crippen LogP contribution in [0.2, 0.25) is 0 Å². The molecule has 136 valence electrons. The molecule has 2 atom stereocenters. The van der Waals surface area contributed by atoms with Gasteiger partial charge in [0.25, 0.3) is 0 Å². The SMILES string of the molecule is CC[C@@H]1[C-]=Cc2ccccc21.CC[C@H]1[C-]=Cc2ccccc21.[CH2]=[Zr+2].[Cl-].[Cl-]. The van der Waals surface area contributed by atoms with Crippen LogP contribution in [0, 0.1) is 12.2 Å². The van der Waals surface area contributed by atoms with Gasteiger partial charge in [0.1, 0.15) is 0 Å². The summed E-state index contributed by atoms with van der Waals surface area (Å²) in [5.41, 5.74) is 5.57. The Balaban J connectivity index is 0.000000410. The summed E-state index contributed by atoms with van der Waals surface area (Å²) in [6.07, 6.45) is 13.2. The number of hydrogen-bond acceptors (Lipinski definition) is 0. The molecule has 4 rings (SSSR count). The molecule has 2 aromatic rings. The molecule has 0 saturated carbocycles. The Morgan fingerprint density at radius 2 is 1.08 bits per heavy atom. The second-order valence-corrected chi connectivity index (χ2v) is 5.80. The minimum Gasteiger partial charge on any atom is -1.00 e. The molecule has 0 saturated heterocycles. The summed E-state index contributed by atoms with van der Waals surface area (Å²) < 4.78 is 3.34. The molecule has 0 amide bonds. The van der Waals surface area contributed by atoms with Crippen LogP contribution in [-0.4, -0.2) is 4.21 Å². The molecular formula is C23H24Cl2Zr-2.